The van der Waals surface area contributed by atoms with Gasteiger partial charge in [-0.1, -0.05) is 61.8 Å². The molecule has 0 spiro atoms. The second-order valence-corrected chi connectivity index (χ2v) is 15.0. The molecule has 3 fully saturated rings. The van der Waals surface area contributed by atoms with Crippen molar-refractivity contribution in [2.24, 2.45) is 22.7 Å². The summed E-state index contributed by atoms with van der Waals surface area (Å²) in [5, 5.41) is 12.8. The number of benzene rings is 2. The lowest BCUT2D eigenvalue weighted by Crippen LogP contribution is -2.71. The zero-order valence-corrected chi connectivity index (χ0v) is 28.3. The van der Waals surface area contributed by atoms with Crippen LogP contribution in [-0.2, 0) is 14.2 Å². The number of rotatable bonds is 4. The SMILES string of the molecule is CC12COC(c3ccccc3)O[C@H]1CC[C@@]1(C)C2C[C@H](OC(=O)c2cccc(Cl)c2)[C@@]2(C)Oc3cc(-c4cccnc4)oc(=O)c3[C@H](O)C12. The number of carbonyl (C=O) groups is 1. The molecule has 4 unspecified atom stereocenters. The number of ether oxygens (including phenoxy) is 4. The second kappa shape index (κ2) is 11.8. The summed E-state index contributed by atoms with van der Waals surface area (Å²) in [6.07, 6.45) is 2.30. The van der Waals surface area contributed by atoms with Crippen LogP contribution < -0.4 is 10.4 Å². The Morgan fingerprint density at radius 3 is 2.59 bits per heavy atom. The van der Waals surface area contributed by atoms with Gasteiger partial charge in [0.25, 0.3) is 0 Å². The summed E-state index contributed by atoms with van der Waals surface area (Å²) >= 11 is 6.25. The minimum absolute atomic E-state index is 0.0597. The summed E-state index contributed by atoms with van der Waals surface area (Å²) in [4.78, 5) is 31.6. The zero-order chi connectivity index (χ0) is 34.1. The number of esters is 1. The highest BCUT2D eigenvalue weighted by atomic mass is 35.5. The molecule has 0 amide bonds. The minimum atomic E-state index is -1.27. The Hall–Kier alpha value is -4.02. The van der Waals surface area contributed by atoms with Gasteiger partial charge in [-0.25, -0.2) is 9.59 Å². The molecular weight excluding hydrogens is 646 g/mol. The maximum Gasteiger partial charge on any atom is 0.345 e. The van der Waals surface area contributed by atoms with Gasteiger partial charge in [-0.2, -0.15) is 0 Å². The molecule has 4 heterocycles. The molecule has 9 atom stereocenters. The van der Waals surface area contributed by atoms with Crippen molar-refractivity contribution < 1.29 is 33.3 Å². The Morgan fingerprint density at radius 2 is 1.84 bits per heavy atom. The number of hydrogen-bond acceptors (Lipinski definition) is 9. The van der Waals surface area contributed by atoms with Gasteiger partial charge in [0.15, 0.2) is 6.29 Å². The number of hydrogen-bond donors (Lipinski definition) is 1. The van der Waals surface area contributed by atoms with Crippen LogP contribution in [0.5, 0.6) is 5.75 Å². The number of carbonyl (C=O) groups excluding carboxylic acids is 1. The number of pyridine rings is 1. The fraction of sp³-hybridized carbons (Fsp3) is 0.410. The van der Waals surface area contributed by atoms with E-state index in [1.807, 2.05) is 37.3 Å². The monoisotopic (exact) mass is 683 g/mol. The van der Waals surface area contributed by atoms with Crippen LogP contribution in [0.25, 0.3) is 11.3 Å². The highest BCUT2D eigenvalue weighted by molar-refractivity contribution is 6.30. The lowest BCUT2D eigenvalue weighted by Gasteiger charge is -2.67. The molecule has 4 aromatic rings. The van der Waals surface area contributed by atoms with E-state index in [9.17, 15) is 14.7 Å². The summed E-state index contributed by atoms with van der Waals surface area (Å²) in [6, 6.07) is 21.6. The van der Waals surface area contributed by atoms with E-state index < -0.39 is 52.4 Å². The van der Waals surface area contributed by atoms with Crippen LogP contribution >= 0.6 is 11.6 Å². The molecule has 9 nitrogen and oxygen atoms in total. The molecule has 1 saturated heterocycles. The van der Waals surface area contributed by atoms with Gasteiger partial charge in [-0.3, -0.25) is 4.98 Å². The van der Waals surface area contributed by atoms with E-state index in [2.05, 4.69) is 18.8 Å². The lowest BCUT2D eigenvalue weighted by molar-refractivity contribution is -0.330. The fourth-order valence-corrected chi connectivity index (χ4v) is 9.64. The van der Waals surface area contributed by atoms with Crippen molar-refractivity contribution in [2.75, 3.05) is 6.61 Å². The van der Waals surface area contributed by atoms with Crippen LogP contribution in [0.2, 0.25) is 5.02 Å². The molecule has 2 aliphatic heterocycles. The topological polar surface area (TPSA) is 117 Å². The number of aliphatic hydroxyl groups excluding tert-OH is 1. The zero-order valence-electron chi connectivity index (χ0n) is 27.5. The van der Waals surface area contributed by atoms with Crippen molar-refractivity contribution >= 4 is 17.6 Å². The molecule has 0 radical (unpaired) electrons. The van der Waals surface area contributed by atoms with E-state index >= 15 is 0 Å². The molecule has 2 aliphatic carbocycles. The number of aliphatic hydroxyl groups is 1. The third-order valence-electron chi connectivity index (χ3n) is 11.7. The highest BCUT2D eigenvalue weighted by Crippen LogP contribution is 2.68. The first-order chi connectivity index (χ1) is 23.5. The average Bonchev–Trinajstić information content (AvgIpc) is 3.09. The van der Waals surface area contributed by atoms with Crippen molar-refractivity contribution in [3.05, 3.63) is 117 Å². The Balaban J connectivity index is 1.22. The standard InChI is InChI=1S/C39H38ClNO8/c1-37-15-14-29-38(2,21-45-36(48-29)22-9-5-4-6-10-22)28(37)19-30(47-34(43)23-11-7-13-25(40)17-23)39(3)33(37)32(42)31-27(49-39)18-26(46-35(31)44)24-12-8-16-41-20-24/h4-13,16-18,20,28-30,32-33,36,42H,14-15,19,21H2,1-3H3/t28?,29-,30-,32-,33?,36?,37-,38?,39+/m0/s1. The molecule has 1 N–H and O–H groups in total. The van der Waals surface area contributed by atoms with Crippen molar-refractivity contribution in [1.82, 2.24) is 4.98 Å². The second-order valence-electron chi connectivity index (χ2n) is 14.5. The van der Waals surface area contributed by atoms with Crippen LogP contribution in [0.1, 0.15) is 73.9 Å². The molecule has 4 aliphatic rings. The quantitative estimate of drug-likeness (QED) is 0.221. The number of fused-ring (bicyclic) bond motifs is 6. The van der Waals surface area contributed by atoms with E-state index in [0.717, 1.165) is 5.56 Å². The minimum Gasteiger partial charge on any atom is -0.482 e. The van der Waals surface area contributed by atoms with Gasteiger partial charge in [0.1, 0.15) is 28.8 Å². The van der Waals surface area contributed by atoms with Crippen LogP contribution in [0.3, 0.4) is 0 Å². The van der Waals surface area contributed by atoms with E-state index in [1.165, 1.54) is 0 Å². The molecule has 2 aromatic heterocycles. The first kappa shape index (κ1) is 32.2. The first-order valence-corrected chi connectivity index (χ1v) is 17.1. The van der Waals surface area contributed by atoms with Crippen LogP contribution in [0.15, 0.2) is 94.4 Å². The number of halogens is 1. The van der Waals surface area contributed by atoms with Gasteiger partial charge >= 0.3 is 11.6 Å². The Labute approximate surface area is 289 Å². The van der Waals surface area contributed by atoms with Gasteiger partial charge in [-0.05, 0) is 67.9 Å². The third-order valence-corrected chi connectivity index (χ3v) is 12.0. The molecule has 8 rings (SSSR count). The van der Waals surface area contributed by atoms with Crippen molar-refractivity contribution in [1.29, 1.82) is 0 Å². The smallest absolute Gasteiger partial charge is 0.345 e. The number of nitrogens with zero attached hydrogens (tertiary/aromatic N) is 1. The molecule has 10 heteroatoms. The van der Waals surface area contributed by atoms with Crippen molar-refractivity contribution in [3.8, 4) is 17.1 Å². The van der Waals surface area contributed by atoms with Crippen LogP contribution in [0, 0.1) is 22.7 Å². The molecule has 49 heavy (non-hydrogen) atoms. The van der Waals surface area contributed by atoms with E-state index in [0.29, 0.717) is 42.0 Å². The van der Waals surface area contributed by atoms with Crippen LogP contribution in [0.4, 0.5) is 0 Å². The summed E-state index contributed by atoms with van der Waals surface area (Å²) in [6.45, 7) is 6.61. The molecule has 0 bridgehead atoms. The largest absolute Gasteiger partial charge is 0.482 e. The normalized spacial score (nSPS) is 34.7. The Bertz CT molecular complexity index is 1950. The lowest BCUT2D eigenvalue weighted by atomic mass is 9.42. The van der Waals surface area contributed by atoms with Gasteiger partial charge < -0.3 is 28.5 Å². The predicted octanol–water partition coefficient (Wildman–Crippen LogP) is 7.32. The van der Waals surface area contributed by atoms with Crippen molar-refractivity contribution in [3.63, 3.8) is 0 Å². The summed E-state index contributed by atoms with van der Waals surface area (Å²) in [5.74, 6) is -0.896. The first-order valence-electron chi connectivity index (χ1n) is 16.8. The van der Waals surface area contributed by atoms with E-state index in [-0.39, 0.29) is 29.1 Å². The maximum atomic E-state index is 13.8. The number of aromatic nitrogens is 1. The van der Waals surface area contributed by atoms with Gasteiger partial charge in [0.05, 0.1) is 24.4 Å². The van der Waals surface area contributed by atoms with Crippen LogP contribution in [-0.4, -0.2) is 40.5 Å². The highest BCUT2D eigenvalue weighted by Gasteiger charge is 2.71. The van der Waals surface area contributed by atoms with Gasteiger partial charge in [0, 0.05) is 45.9 Å². The summed E-state index contributed by atoms with van der Waals surface area (Å²) in [7, 11) is 0. The Kier molecular flexibility index (Phi) is 7.75. The van der Waals surface area contributed by atoms with Gasteiger partial charge in [0.2, 0.25) is 0 Å². The van der Waals surface area contributed by atoms with Crippen molar-refractivity contribution in [2.45, 2.75) is 70.2 Å². The predicted molar refractivity (Wildman–Crippen MR) is 180 cm³/mol. The molecule has 2 aromatic carbocycles. The average molecular weight is 684 g/mol. The van der Waals surface area contributed by atoms with E-state index in [4.69, 9.17) is 35.0 Å². The fourth-order valence-electron chi connectivity index (χ4n) is 9.45. The van der Waals surface area contributed by atoms with E-state index in [1.54, 1.807) is 54.9 Å². The molecular formula is C39H38ClNO8. The third kappa shape index (κ3) is 5.12. The maximum absolute atomic E-state index is 13.8. The summed E-state index contributed by atoms with van der Waals surface area (Å²) < 4.78 is 32.1. The van der Waals surface area contributed by atoms with Gasteiger partial charge in [-0.15, -0.1) is 0 Å². The molecule has 2 saturated carbocycles. The summed E-state index contributed by atoms with van der Waals surface area (Å²) in [5.41, 5.74) is -1.08. The Morgan fingerprint density at radius 1 is 1.02 bits per heavy atom. The molecule has 254 valence electrons.